The molecule has 3 aromatic rings. The number of amides is 1. The molecule has 1 aromatic carbocycles. The van der Waals surface area contributed by atoms with Crippen LogP contribution in [-0.4, -0.2) is 33.2 Å². The molecule has 1 aliphatic heterocycles. The first-order chi connectivity index (χ1) is 14.2. The number of carbonyl (C=O) groups excluding carboxylic acids is 1. The zero-order valence-electron chi connectivity index (χ0n) is 18.2. The van der Waals surface area contributed by atoms with Gasteiger partial charge in [0.25, 0.3) is 5.91 Å². The van der Waals surface area contributed by atoms with Crippen LogP contribution in [0, 0.1) is 17.8 Å². The number of likely N-dealkylation sites (tertiary alicyclic amines) is 1. The second-order valence-corrected chi connectivity index (χ2v) is 10.3. The number of aryl methyl sites for hydroxylation is 1. The monoisotopic (exact) mass is 403 g/mol. The van der Waals surface area contributed by atoms with Crippen molar-refractivity contribution in [1.82, 2.24) is 14.7 Å². The molecule has 0 N–H and O–H groups in total. The molecule has 5 nitrogen and oxygen atoms in total. The summed E-state index contributed by atoms with van der Waals surface area (Å²) in [6.07, 6.45) is 4.94. The van der Waals surface area contributed by atoms with Crippen LogP contribution >= 0.6 is 0 Å². The standard InChI is InChI=1S/C25H29N3O2/c1-17-7-5-8-18(11-17)28-21(12-20(26-28)22-9-6-10-30-22)23(29)27-16-25(4)14-19(27)13-24(2,3)15-25/h5-12,19H,13-16H2,1-4H3. The van der Waals surface area contributed by atoms with Crippen LogP contribution in [0.1, 0.15) is 56.1 Å². The van der Waals surface area contributed by atoms with Crippen LogP contribution in [0.15, 0.2) is 53.1 Å². The third kappa shape index (κ3) is 3.26. The Labute approximate surface area is 177 Å². The molecule has 2 atom stereocenters. The highest BCUT2D eigenvalue weighted by Gasteiger charge is 2.51. The van der Waals surface area contributed by atoms with Crippen molar-refractivity contribution in [3.05, 3.63) is 60.0 Å². The van der Waals surface area contributed by atoms with Gasteiger partial charge in [0.1, 0.15) is 11.4 Å². The normalized spacial score (nSPS) is 24.9. The highest BCUT2D eigenvalue weighted by molar-refractivity contribution is 5.94. The number of hydrogen-bond donors (Lipinski definition) is 0. The lowest BCUT2D eigenvalue weighted by molar-refractivity contribution is 0.0699. The number of rotatable bonds is 3. The Morgan fingerprint density at radius 1 is 1.13 bits per heavy atom. The van der Waals surface area contributed by atoms with E-state index in [1.54, 1.807) is 10.9 Å². The Hall–Kier alpha value is -2.82. The van der Waals surface area contributed by atoms with E-state index in [1.807, 2.05) is 30.3 Å². The topological polar surface area (TPSA) is 51.3 Å². The van der Waals surface area contributed by atoms with E-state index >= 15 is 0 Å². The molecular formula is C25H29N3O2. The third-order valence-electron chi connectivity index (χ3n) is 6.62. The van der Waals surface area contributed by atoms with Crippen LogP contribution in [0.3, 0.4) is 0 Å². The predicted molar refractivity (Wildman–Crippen MR) is 117 cm³/mol. The molecular weight excluding hydrogens is 374 g/mol. The van der Waals surface area contributed by atoms with Crippen molar-refractivity contribution in [1.29, 1.82) is 0 Å². The lowest BCUT2D eigenvalue weighted by Gasteiger charge is -2.39. The van der Waals surface area contributed by atoms with Gasteiger partial charge < -0.3 is 9.32 Å². The van der Waals surface area contributed by atoms with E-state index in [9.17, 15) is 4.79 Å². The lowest BCUT2D eigenvalue weighted by Crippen LogP contribution is -2.38. The molecule has 1 aliphatic carbocycles. The van der Waals surface area contributed by atoms with Crippen LogP contribution in [0.25, 0.3) is 17.1 Å². The Kier molecular flexibility index (Phi) is 4.21. The number of furan rings is 1. The largest absolute Gasteiger partial charge is 0.463 e. The third-order valence-corrected chi connectivity index (χ3v) is 6.62. The van der Waals surface area contributed by atoms with Crippen molar-refractivity contribution < 1.29 is 9.21 Å². The maximum atomic E-state index is 13.8. The van der Waals surface area contributed by atoms with E-state index in [-0.39, 0.29) is 16.7 Å². The summed E-state index contributed by atoms with van der Waals surface area (Å²) in [6.45, 7) is 9.86. The van der Waals surface area contributed by atoms with Crippen LogP contribution in [0.5, 0.6) is 0 Å². The van der Waals surface area contributed by atoms with Crippen LogP contribution < -0.4 is 0 Å². The average Bonchev–Trinajstić information content (AvgIpc) is 3.37. The van der Waals surface area contributed by atoms with Crippen molar-refractivity contribution in [2.24, 2.45) is 10.8 Å². The van der Waals surface area contributed by atoms with Gasteiger partial charge in [-0.25, -0.2) is 4.68 Å². The molecule has 2 bridgehead atoms. The molecule has 0 spiro atoms. The Balaban J connectivity index is 1.57. The predicted octanol–water partition coefficient (Wildman–Crippen LogP) is 5.48. The van der Waals surface area contributed by atoms with Crippen LogP contribution in [-0.2, 0) is 0 Å². The zero-order valence-corrected chi connectivity index (χ0v) is 18.2. The van der Waals surface area contributed by atoms with Crippen molar-refractivity contribution in [2.45, 2.75) is 53.0 Å². The van der Waals surface area contributed by atoms with Crippen molar-refractivity contribution >= 4 is 5.91 Å². The van der Waals surface area contributed by atoms with Crippen molar-refractivity contribution in [3.8, 4) is 17.1 Å². The van der Waals surface area contributed by atoms with Gasteiger partial charge in [0.05, 0.1) is 12.0 Å². The molecule has 5 heteroatoms. The van der Waals surface area contributed by atoms with Gasteiger partial charge in [0, 0.05) is 18.7 Å². The van der Waals surface area contributed by atoms with Gasteiger partial charge in [-0.3, -0.25) is 4.79 Å². The number of hydrogen-bond acceptors (Lipinski definition) is 3. The Morgan fingerprint density at radius 3 is 2.70 bits per heavy atom. The summed E-state index contributed by atoms with van der Waals surface area (Å²) in [5.41, 5.74) is 3.76. The summed E-state index contributed by atoms with van der Waals surface area (Å²) in [6, 6.07) is 14.0. The number of aromatic nitrogens is 2. The first-order valence-corrected chi connectivity index (χ1v) is 10.8. The van der Waals surface area contributed by atoms with E-state index in [2.05, 4.69) is 44.7 Å². The molecule has 2 fully saturated rings. The first-order valence-electron chi connectivity index (χ1n) is 10.8. The summed E-state index contributed by atoms with van der Waals surface area (Å²) in [7, 11) is 0. The minimum Gasteiger partial charge on any atom is -0.463 e. The van der Waals surface area contributed by atoms with Gasteiger partial charge in [-0.05, 0) is 66.8 Å². The fraction of sp³-hybridized carbons (Fsp3) is 0.440. The fourth-order valence-electron chi connectivity index (χ4n) is 5.88. The molecule has 2 unspecified atom stereocenters. The molecule has 3 heterocycles. The maximum Gasteiger partial charge on any atom is 0.272 e. The fourth-order valence-corrected chi connectivity index (χ4v) is 5.88. The van der Waals surface area contributed by atoms with E-state index in [4.69, 9.17) is 9.52 Å². The SMILES string of the molecule is Cc1cccc(-n2nc(-c3ccco3)cc2C(=O)N2CC3(C)CC2CC(C)(C)C3)c1. The van der Waals surface area contributed by atoms with Gasteiger partial charge in [-0.15, -0.1) is 0 Å². The van der Waals surface area contributed by atoms with Gasteiger partial charge in [-0.1, -0.05) is 32.9 Å². The van der Waals surface area contributed by atoms with Crippen molar-refractivity contribution in [2.75, 3.05) is 6.54 Å². The minimum atomic E-state index is 0.0632. The molecule has 156 valence electrons. The molecule has 2 aliphatic rings. The van der Waals surface area contributed by atoms with E-state index < -0.39 is 0 Å². The first kappa shape index (κ1) is 19.2. The van der Waals surface area contributed by atoms with Gasteiger partial charge in [-0.2, -0.15) is 5.10 Å². The number of nitrogens with zero attached hydrogens (tertiary/aromatic N) is 3. The Bertz CT molecular complexity index is 1100. The molecule has 5 rings (SSSR count). The van der Waals surface area contributed by atoms with Gasteiger partial charge in [0.15, 0.2) is 5.76 Å². The highest BCUT2D eigenvalue weighted by Crippen LogP contribution is 2.52. The number of carbonyl (C=O) groups is 1. The highest BCUT2D eigenvalue weighted by atomic mass is 16.3. The number of benzene rings is 1. The molecule has 2 aromatic heterocycles. The quantitative estimate of drug-likeness (QED) is 0.582. The molecule has 0 radical (unpaired) electrons. The summed E-state index contributed by atoms with van der Waals surface area (Å²) in [5, 5.41) is 4.76. The van der Waals surface area contributed by atoms with E-state index in [0.29, 0.717) is 23.2 Å². The zero-order chi connectivity index (χ0) is 21.1. The van der Waals surface area contributed by atoms with E-state index in [1.165, 1.54) is 0 Å². The van der Waals surface area contributed by atoms with Gasteiger partial charge >= 0.3 is 0 Å². The average molecular weight is 404 g/mol. The molecule has 1 saturated heterocycles. The molecule has 30 heavy (non-hydrogen) atoms. The summed E-state index contributed by atoms with van der Waals surface area (Å²) in [4.78, 5) is 15.9. The minimum absolute atomic E-state index is 0.0632. The van der Waals surface area contributed by atoms with Crippen molar-refractivity contribution in [3.63, 3.8) is 0 Å². The second kappa shape index (κ2) is 6.59. The maximum absolute atomic E-state index is 13.8. The molecule has 1 amide bonds. The smallest absolute Gasteiger partial charge is 0.272 e. The summed E-state index contributed by atoms with van der Waals surface area (Å²) >= 11 is 0. The second-order valence-electron chi connectivity index (χ2n) is 10.3. The van der Waals surface area contributed by atoms with E-state index in [0.717, 1.165) is 37.1 Å². The summed E-state index contributed by atoms with van der Waals surface area (Å²) in [5.74, 6) is 0.733. The lowest BCUT2D eigenvalue weighted by atomic mass is 9.65. The van der Waals surface area contributed by atoms with Gasteiger partial charge in [0.2, 0.25) is 0 Å². The van der Waals surface area contributed by atoms with Crippen LogP contribution in [0.2, 0.25) is 0 Å². The Morgan fingerprint density at radius 2 is 1.97 bits per heavy atom. The number of fused-ring (bicyclic) bond motifs is 2. The van der Waals surface area contributed by atoms with Crippen LogP contribution in [0.4, 0.5) is 0 Å². The summed E-state index contributed by atoms with van der Waals surface area (Å²) < 4.78 is 7.35. The molecule has 1 saturated carbocycles.